The van der Waals surface area contributed by atoms with Crippen LogP contribution in [0.3, 0.4) is 0 Å². The average Bonchev–Trinajstić information content (AvgIpc) is 2.85. The number of methoxy groups -OCH3 is 2. The number of piperazine rings is 1. The van der Waals surface area contributed by atoms with Crippen molar-refractivity contribution >= 4 is 5.91 Å². The highest BCUT2D eigenvalue weighted by atomic mass is 16.5. The Labute approximate surface area is 190 Å². The molecule has 0 radical (unpaired) electrons. The summed E-state index contributed by atoms with van der Waals surface area (Å²) in [4.78, 5) is 19.8. The molecule has 0 unspecified atom stereocenters. The Morgan fingerprint density at radius 3 is 2.34 bits per heavy atom. The quantitative estimate of drug-likeness (QED) is 0.661. The number of amides is 1. The molecular formula is C25H33N3O4. The van der Waals surface area contributed by atoms with E-state index < -0.39 is 0 Å². The van der Waals surface area contributed by atoms with Crippen LogP contribution < -0.4 is 9.47 Å². The molecule has 2 aromatic rings. The minimum Gasteiger partial charge on any atom is -0.497 e. The zero-order chi connectivity index (χ0) is 22.3. The Morgan fingerprint density at radius 1 is 0.875 bits per heavy atom. The summed E-state index contributed by atoms with van der Waals surface area (Å²) in [6, 6.07) is 13.9. The maximum Gasteiger partial charge on any atom is 0.253 e. The molecule has 0 spiro atoms. The summed E-state index contributed by atoms with van der Waals surface area (Å²) in [5.74, 6) is 1.81. The summed E-state index contributed by atoms with van der Waals surface area (Å²) < 4.78 is 16.3. The highest BCUT2D eigenvalue weighted by molar-refractivity contribution is 5.94. The Balaban J connectivity index is 1.33. The molecule has 7 heteroatoms. The predicted octanol–water partition coefficient (Wildman–Crippen LogP) is 2.49. The standard InChI is InChI=1S/C25H33N3O4/c1-30-23-6-7-24(31-2)22(17-23)19-26-8-10-28(11-9-26)25(29)21-5-3-4-20(16-21)18-27-12-14-32-15-13-27/h3-7,16-17H,8-15,18-19H2,1-2H3. The van der Waals surface area contributed by atoms with Crippen molar-refractivity contribution in [3.63, 3.8) is 0 Å². The summed E-state index contributed by atoms with van der Waals surface area (Å²) in [5, 5.41) is 0. The zero-order valence-electron chi connectivity index (χ0n) is 19.1. The molecule has 0 bridgehead atoms. The molecule has 1 amide bonds. The Kier molecular flexibility index (Phi) is 7.63. The predicted molar refractivity (Wildman–Crippen MR) is 123 cm³/mol. The average molecular weight is 440 g/mol. The SMILES string of the molecule is COc1ccc(OC)c(CN2CCN(C(=O)c3cccc(CN4CCOCC4)c3)CC2)c1. The Hall–Kier alpha value is -2.61. The zero-order valence-corrected chi connectivity index (χ0v) is 19.1. The molecular weight excluding hydrogens is 406 g/mol. The van der Waals surface area contributed by atoms with E-state index in [2.05, 4.69) is 15.9 Å². The number of hydrogen-bond acceptors (Lipinski definition) is 6. The number of ether oxygens (including phenoxy) is 3. The minimum atomic E-state index is 0.118. The van der Waals surface area contributed by atoms with Gasteiger partial charge in [-0.2, -0.15) is 0 Å². The van der Waals surface area contributed by atoms with Crippen LogP contribution in [-0.2, 0) is 17.8 Å². The second-order valence-electron chi connectivity index (χ2n) is 8.34. The van der Waals surface area contributed by atoms with Crippen LogP contribution in [-0.4, -0.2) is 87.3 Å². The van der Waals surface area contributed by atoms with Gasteiger partial charge in [0, 0.05) is 63.5 Å². The number of carbonyl (C=O) groups is 1. The lowest BCUT2D eigenvalue weighted by molar-refractivity contribution is 0.0341. The van der Waals surface area contributed by atoms with Crippen molar-refractivity contribution in [1.29, 1.82) is 0 Å². The third kappa shape index (κ3) is 5.59. The van der Waals surface area contributed by atoms with Gasteiger partial charge in [0.1, 0.15) is 11.5 Å². The van der Waals surface area contributed by atoms with Crippen LogP contribution in [0, 0.1) is 0 Å². The van der Waals surface area contributed by atoms with Crippen LogP contribution in [0.5, 0.6) is 11.5 Å². The molecule has 2 heterocycles. The van der Waals surface area contributed by atoms with Crippen molar-refractivity contribution in [1.82, 2.24) is 14.7 Å². The third-order valence-corrected chi connectivity index (χ3v) is 6.22. The lowest BCUT2D eigenvalue weighted by Gasteiger charge is -2.35. The van der Waals surface area contributed by atoms with E-state index in [1.807, 2.05) is 41.3 Å². The van der Waals surface area contributed by atoms with Gasteiger partial charge < -0.3 is 19.1 Å². The van der Waals surface area contributed by atoms with Crippen molar-refractivity contribution in [2.75, 3.05) is 66.7 Å². The molecule has 0 saturated carbocycles. The van der Waals surface area contributed by atoms with Crippen molar-refractivity contribution in [2.24, 2.45) is 0 Å². The van der Waals surface area contributed by atoms with Crippen molar-refractivity contribution < 1.29 is 19.0 Å². The Morgan fingerprint density at radius 2 is 1.62 bits per heavy atom. The molecule has 172 valence electrons. The summed E-state index contributed by atoms with van der Waals surface area (Å²) in [6.45, 7) is 8.19. The molecule has 7 nitrogen and oxygen atoms in total. The fraction of sp³-hybridized carbons (Fsp3) is 0.480. The summed E-state index contributed by atoms with van der Waals surface area (Å²) >= 11 is 0. The second kappa shape index (κ2) is 10.8. The van der Waals surface area contributed by atoms with Gasteiger partial charge in [-0.1, -0.05) is 12.1 Å². The summed E-state index contributed by atoms with van der Waals surface area (Å²) in [6.07, 6.45) is 0. The van der Waals surface area contributed by atoms with Crippen molar-refractivity contribution in [3.8, 4) is 11.5 Å². The minimum absolute atomic E-state index is 0.118. The van der Waals surface area contributed by atoms with Gasteiger partial charge >= 0.3 is 0 Å². The van der Waals surface area contributed by atoms with Crippen LogP contribution in [0.2, 0.25) is 0 Å². The molecule has 32 heavy (non-hydrogen) atoms. The van der Waals surface area contributed by atoms with E-state index >= 15 is 0 Å². The fourth-order valence-corrected chi connectivity index (χ4v) is 4.36. The smallest absolute Gasteiger partial charge is 0.253 e. The number of nitrogens with zero attached hydrogens (tertiary/aromatic N) is 3. The van der Waals surface area contributed by atoms with E-state index in [-0.39, 0.29) is 5.91 Å². The first-order valence-electron chi connectivity index (χ1n) is 11.3. The monoisotopic (exact) mass is 439 g/mol. The largest absolute Gasteiger partial charge is 0.497 e. The van der Waals surface area contributed by atoms with Gasteiger partial charge in [0.2, 0.25) is 0 Å². The molecule has 0 atom stereocenters. The van der Waals surface area contributed by atoms with Crippen LogP contribution in [0.1, 0.15) is 21.5 Å². The van der Waals surface area contributed by atoms with Gasteiger partial charge in [-0.15, -0.1) is 0 Å². The van der Waals surface area contributed by atoms with Crippen LogP contribution in [0.25, 0.3) is 0 Å². The van der Waals surface area contributed by atoms with Crippen LogP contribution >= 0.6 is 0 Å². The van der Waals surface area contributed by atoms with Crippen molar-refractivity contribution in [3.05, 3.63) is 59.2 Å². The highest BCUT2D eigenvalue weighted by Crippen LogP contribution is 2.26. The number of hydrogen-bond donors (Lipinski definition) is 0. The second-order valence-corrected chi connectivity index (χ2v) is 8.34. The van der Waals surface area contributed by atoms with Crippen LogP contribution in [0.4, 0.5) is 0 Å². The molecule has 2 aliphatic rings. The van der Waals surface area contributed by atoms with E-state index in [1.165, 1.54) is 5.56 Å². The van der Waals surface area contributed by atoms with E-state index in [1.54, 1.807) is 14.2 Å². The number of benzene rings is 2. The summed E-state index contributed by atoms with van der Waals surface area (Å²) in [7, 11) is 3.36. The molecule has 2 aromatic carbocycles. The molecule has 0 aliphatic carbocycles. The summed E-state index contributed by atoms with van der Waals surface area (Å²) in [5.41, 5.74) is 3.06. The maximum atomic E-state index is 13.1. The van der Waals surface area contributed by atoms with Gasteiger partial charge in [-0.25, -0.2) is 0 Å². The first kappa shape index (κ1) is 22.6. The number of carbonyl (C=O) groups excluding carboxylic acids is 1. The topological polar surface area (TPSA) is 54.5 Å². The normalized spacial score (nSPS) is 17.9. The lowest BCUT2D eigenvalue weighted by Crippen LogP contribution is -2.48. The molecule has 2 saturated heterocycles. The van der Waals surface area contributed by atoms with E-state index in [4.69, 9.17) is 14.2 Å². The lowest BCUT2D eigenvalue weighted by atomic mass is 10.1. The highest BCUT2D eigenvalue weighted by Gasteiger charge is 2.23. The van der Waals surface area contributed by atoms with E-state index in [0.717, 1.165) is 88.2 Å². The van der Waals surface area contributed by atoms with Crippen molar-refractivity contribution in [2.45, 2.75) is 13.1 Å². The van der Waals surface area contributed by atoms with Crippen LogP contribution in [0.15, 0.2) is 42.5 Å². The number of morpholine rings is 1. The van der Waals surface area contributed by atoms with E-state index in [0.29, 0.717) is 0 Å². The molecule has 2 fully saturated rings. The first-order chi connectivity index (χ1) is 15.7. The molecule has 0 aromatic heterocycles. The molecule has 0 N–H and O–H groups in total. The Bertz CT molecular complexity index is 906. The van der Waals surface area contributed by atoms with Gasteiger partial charge in [0.05, 0.1) is 27.4 Å². The molecule has 2 aliphatic heterocycles. The fourth-order valence-electron chi connectivity index (χ4n) is 4.36. The van der Waals surface area contributed by atoms with Gasteiger partial charge in [-0.05, 0) is 35.9 Å². The van der Waals surface area contributed by atoms with Gasteiger partial charge in [0.15, 0.2) is 0 Å². The first-order valence-corrected chi connectivity index (χ1v) is 11.3. The number of rotatable bonds is 7. The van der Waals surface area contributed by atoms with Gasteiger partial charge in [0.25, 0.3) is 5.91 Å². The maximum absolute atomic E-state index is 13.1. The third-order valence-electron chi connectivity index (χ3n) is 6.22. The molecule has 4 rings (SSSR count). The van der Waals surface area contributed by atoms with Gasteiger partial charge in [-0.3, -0.25) is 14.6 Å². The van der Waals surface area contributed by atoms with E-state index in [9.17, 15) is 4.79 Å².